The average molecular weight is 311 g/mol. The van der Waals surface area contributed by atoms with Gasteiger partial charge < -0.3 is 9.88 Å². The van der Waals surface area contributed by atoms with Crippen molar-refractivity contribution in [3.63, 3.8) is 0 Å². The van der Waals surface area contributed by atoms with E-state index in [1.165, 1.54) is 5.56 Å². The van der Waals surface area contributed by atoms with Crippen LogP contribution in [-0.4, -0.2) is 28.5 Å². The van der Waals surface area contributed by atoms with Gasteiger partial charge in [-0.3, -0.25) is 9.69 Å². The third-order valence-electron chi connectivity index (χ3n) is 4.57. The van der Waals surface area contributed by atoms with E-state index in [1.54, 1.807) is 0 Å². The molecule has 0 atom stereocenters. The van der Waals surface area contributed by atoms with Gasteiger partial charge in [0, 0.05) is 38.4 Å². The topological polar surface area (TPSA) is 37.3 Å². The van der Waals surface area contributed by atoms with E-state index in [2.05, 4.69) is 34.5 Å². The lowest BCUT2D eigenvalue weighted by Crippen LogP contribution is -2.40. The molecule has 1 aliphatic rings. The third-order valence-corrected chi connectivity index (χ3v) is 4.57. The SMILES string of the molecule is Cn1ccc(CNC(=O)C2CCN(Cc3ccccc3)CC2)c1. The summed E-state index contributed by atoms with van der Waals surface area (Å²) in [5, 5.41) is 3.08. The van der Waals surface area contributed by atoms with Gasteiger partial charge in [0.2, 0.25) is 5.91 Å². The van der Waals surface area contributed by atoms with Crippen molar-refractivity contribution in [3.05, 3.63) is 59.9 Å². The zero-order valence-electron chi connectivity index (χ0n) is 13.7. The predicted octanol–water partition coefficient (Wildman–Crippen LogP) is 2.55. The lowest BCUT2D eigenvalue weighted by molar-refractivity contribution is -0.126. The molecule has 4 heteroatoms. The Kier molecular flexibility index (Phi) is 5.13. The molecule has 4 nitrogen and oxygen atoms in total. The van der Waals surface area contributed by atoms with Gasteiger partial charge >= 0.3 is 0 Å². The molecule has 0 radical (unpaired) electrons. The van der Waals surface area contributed by atoms with Crippen LogP contribution < -0.4 is 5.32 Å². The van der Waals surface area contributed by atoms with Crippen molar-refractivity contribution in [3.8, 4) is 0 Å². The maximum Gasteiger partial charge on any atom is 0.223 e. The second kappa shape index (κ2) is 7.47. The number of piperidine rings is 1. The van der Waals surface area contributed by atoms with Gasteiger partial charge in [0.15, 0.2) is 0 Å². The van der Waals surface area contributed by atoms with E-state index in [9.17, 15) is 4.79 Å². The minimum absolute atomic E-state index is 0.158. The summed E-state index contributed by atoms with van der Waals surface area (Å²) in [5.74, 6) is 0.360. The van der Waals surface area contributed by atoms with Gasteiger partial charge in [0.25, 0.3) is 0 Å². The second-order valence-corrected chi connectivity index (χ2v) is 6.44. The minimum atomic E-state index is 0.158. The number of aryl methyl sites for hydroxylation is 1. The van der Waals surface area contributed by atoms with Crippen LogP contribution in [0.1, 0.15) is 24.0 Å². The summed E-state index contributed by atoms with van der Waals surface area (Å²) < 4.78 is 2.00. The number of nitrogens with zero attached hydrogens (tertiary/aromatic N) is 2. The smallest absolute Gasteiger partial charge is 0.223 e. The third kappa shape index (κ3) is 4.45. The molecular formula is C19H25N3O. The minimum Gasteiger partial charge on any atom is -0.357 e. The molecule has 1 aliphatic heterocycles. The standard InChI is InChI=1S/C19H25N3O/c1-21-10-7-17(14-21)13-20-19(23)18-8-11-22(12-9-18)15-16-5-3-2-4-6-16/h2-7,10,14,18H,8-9,11-13,15H2,1H3,(H,20,23). The van der Waals surface area contributed by atoms with Crippen molar-refractivity contribution in [2.45, 2.75) is 25.9 Å². The molecule has 3 rings (SSSR count). The Bertz CT molecular complexity index is 627. The van der Waals surface area contributed by atoms with Crippen LogP contribution in [0, 0.1) is 5.92 Å². The van der Waals surface area contributed by atoms with Gasteiger partial charge in [-0.15, -0.1) is 0 Å². The number of likely N-dealkylation sites (tertiary alicyclic amines) is 1. The van der Waals surface area contributed by atoms with Gasteiger partial charge in [-0.25, -0.2) is 0 Å². The lowest BCUT2D eigenvalue weighted by atomic mass is 9.95. The van der Waals surface area contributed by atoms with Gasteiger partial charge in [0.1, 0.15) is 0 Å². The van der Waals surface area contributed by atoms with E-state index >= 15 is 0 Å². The maximum atomic E-state index is 12.3. The zero-order chi connectivity index (χ0) is 16.1. The molecule has 1 aromatic carbocycles. The van der Waals surface area contributed by atoms with Crippen LogP contribution in [0.25, 0.3) is 0 Å². The van der Waals surface area contributed by atoms with Crippen LogP contribution in [0.4, 0.5) is 0 Å². The summed E-state index contributed by atoms with van der Waals surface area (Å²) >= 11 is 0. The molecule has 1 N–H and O–H groups in total. The van der Waals surface area contributed by atoms with Gasteiger partial charge in [-0.1, -0.05) is 30.3 Å². The highest BCUT2D eigenvalue weighted by Gasteiger charge is 2.24. The molecule has 1 fully saturated rings. The van der Waals surface area contributed by atoms with Crippen LogP contribution in [0.2, 0.25) is 0 Å². The monoisotopic (exact) mass is 311 g/mol. The molecule has 1 saturated heterocycles. The predicted molar refractivity (Wildman–Crippen MR) is 91.7 cm³/mol. The van der Waals surface area contributed by atoms with Gasteiger partial charge in [0.05, 0.1) is 0 Å². The Balaban J connectivity index is 1.42. The van der Waals surface area contributed by atoms with Crippen LogP contribution >= 0.6 is 0 Å². The highest BCUT2D eigenvalue weighted by molar-refractivity contribution is 5.78. The second-order valence-electron chi connectivity index (χ2n) is 6.44. The van der Waals surface area contributed by atoms with E-state index in [0.29, 0.717) is 6.54 Å². The first-order valence-corrected chi connectivity index (χ1v) is 8.35. The highest BCUT2D eigenvalue weighted by Crippen LogP contribution is 2.19. The Morgan fingerprint density at radius 2 is 1.87 bits per heavy atom. The van der Waals surface area contributed by atoms with Crippen molar-refractivity contribution >= 4 is 5.91 Å². The number of rotatable bonds is 5. The average Bonchev–Trinajstić information content (AvgIpc) is 3.00. The van der Waals surface area contributed by atoms with Crippen molar-refractivity contribution < 1.29 is 4.79 Å². The van der Waals surface area contributed by atoms with Crippen LogP contribution in [0.15, 0.2) is 48.8 Å². The quantitative estimate of drug-likeness (QED) is 0.921. The summed E-state index contributed by atoms with van der Waals surface area (Å²) in [6.07, 6.45) is 5.95. The molecule has 1 amide bonds. The zero-order valence-corrected chi connectivity index (χ0v) is 13.7. The van der Waals surface area contributed by atoms with E-state index in [-0.39, 0.29) is 11.8 Å². The fourth-order valence-corrected chi connectivity index (χ4v) is 3.19. The first-order valence-electron chi connectivity index (χ1n) is 8.35. The normalized spacial score (nSPS) is 16.4. The molecule has 23 heavy (non-hydrogen) atoms. The Morgan fingerprint density at radius 1 is 1.13 bits per heavy atom. The number of amides is 1. The van der Waals surface area contributed by atoms with Crippen molar-refractivity contribution in [1.82, 2.24) is 14.8 Å². The molecule has 2 heterocycles. The fourth-order valence-electron chi connectivity index (χ4n) is 3.19. The highest BCUT2D eigenvalue weighted by atomic mass is 16.1. The number of nitrogens with one attached hydrogen (secondary N) is 1. The van der Waals surface area contributed by atoms with Gasteiger partial charge in [-0.2, -0.15) is 0 Å². The fraction of sp³-hybridized carbons (Fsp3) is 0.421. The first kappa shape index (κ1) is 15.8. The van der Waals surface area contributed by atoms with Crippen LogP contribution in [-0.2, 0) is 24.9 Å². The Hall–Kier alpha value is -2.07. The number of hydrogen-bond donors (Lipinski definition) is 1. The molecule has 0 spiro atoms. The summed E-state index contributed by atoms with van der Waals surface area (Å²) in [5.41, 5.74) is 2.50. The van der Waals surface area contributed by atoms with Crippen LogP contribution in [0.3, 0.4) is 0 Å². The molecular weight excluding hydrogens is 286 g/mol. The summed E-state index contributed by atoms with van der Waals surface area (Å²) in [6, 6.07) is 12.6. The molecule has 0 unspecified atom stereocenters. The lowest BCUT2D eigenvalue weighted by Gasteiger charge is -2.31. The largest absolute Gasteiger partial charge is 0.357 e. The summed E-state index contributed by atoms with van der Waals surface area (Å²) in [6.45, 7) is 3.61. The first-order chi connectivity index (χ1) is 11.2. The molecule has 2 aromatic rings. The molecule has 0 bridgehead atoms. The molecule has 0 aliphatic carbocycles. The molecule has 1 aromatic heterocycles. The van der Waals surface area contributed by atoms with Crippen molar-refractivity contribution in [1.29, 1.82) is 0 Å². The maximum absolute atomic E-state index is 12.3. The number of carbonyl (C=O) groups excluding carboxylic acids is 1. The number of hydrogen-bond acceptors (Lipinski definition) is 2. The van der Waals surface area contributed by atoms with E-state index < -0.39 is 0 Å². The van der Waals surface area contributed by atoms with E-state index in [1.807, 2.05) is 36.1 Å². The van der Waals surface area contributed by atoms with Crippen molar-refractivity contribution in [2.24, 2.45) is 13.0 Å². The number of carbonyl (C=O) groups is 1. The summed E-state index contributed by atoms with van der Waals surface area (Å²) in [4.78, 5) is 14.7. The summed E-state index contributed by atoms with van der Waals surface area (Å²) in [7, 11) is 1.99. The number of benzene rings is 1. The van der Waals surface area contributed by atoms with Gasteiger partial charge in [-0.05, 0) is 43.1 Å². The van der Waals surface area contributed by atoms with E-state index in [4.69, 9.17) is 0 Å². The molecule has 0 saturated carbocycles. The van der Waals surface area contributed by atoms with Crippen molar-refractivity contribution in [2.75, 3.05) is 13.1 Å². The molecule has 122 valence electrons. The van der Waals surface area contributed by atoms with E-state index in [0.717, 1.165) is 38.0 Å². The number of aromatic nitrogens is 1. The Labute approximate surface area is 138 Å². The van der Waals surface area contributed by atoms with Crippen LogP contribution in [0.5, 0.6) is 0 Å². The Morgan fingerprint density at radius 3 is 2.52 bits per heavy atom.